The van der Waals surface area contributed by atoms with Crippen LogP contribution in [0.3, 0.4) is 0 Å². The van der Waals surface area contributed by atoms with Crippen LogP contribution in [0.2, 0.25) is 0 Å². The zero-order valence-corrected chi connectivity index (χ0v) is 14.8. The molecule has 0 saturated heterocycles. The number of hydrogen-bond acceptors (Lipinski definition) is 5. The van der Waals surface area contributed by atoms with Gasteiger partial charge in [-0.15, -0.1) is 0 Å². The van der Waals surface area contributed by atoms with Crippen LogP contribution in [0.1, 0.15) is 32.3 Å². The van der Waals surface area contributed by atoms with E-state index in [2.05, 4.69) is 16.2 Å². The number of nitrogens with one attached hydrogen (secondary N) is 3. The molecular weight excluding hydrogens is 338 g/mol. The summed E-state index contributed by atoms with van der Waals surface area (Å²) in [6.07, 6.45) is 4.55. The highest BCUT2D eigenvalue weighted by molar-refractivity contribution is 6.35. The Balaban J connectivity index is 1.87. The van der Waals surface area contributed by atoms with Gasteiger partial charge in [-0.1, -0.05) is 6.07 Å². The van der Waals surface area contributed by atoms with E-state index in [0.29, 0.717) is 24.7 Å². The molecule has 0 atom stereocenters. The van der Waals surface area contributed by atoms with Gasteiger partial charge in [-0.05, 0) is 50.5 Å². The molecule has 3 N–H and O–H groups in total. The Morgan fingerprint density at radius 2 is 1.73 bits per heavy atom. The van der Waals surface area contributed by atoms with Crippen LogP contribution >= 0.6 is 0 Å². The van der Waals surface area contributed by atoms with Gasteiger partial charge in [0.05, 0.1) is 13.2 Å². The fourth-order valence-electron chi connectivity index (χ4n) is 2.04. The minimum Gasteiger partial charge on any atom is -0.490 e. The highest BCUT2D eigenvalue weighted by Gasteiger charge is 2.26. The third-order valence-corrected chi connectivity index (χ3v) is 3.41. The van der Waals surface area contributed by atoms with Crippen molar-refractivity contribution >= 4 is 23.8 Å². The lowest BCUT2D eigenvalue weighted by Crippen LogP contribution is -2.48. The zero-order valence-electron chi connectivity index (χ0n) is 14.8. The first-order valence-corrected chi connectivity index (χ1v) is 8.52. The Kier molecular flexibility index (Phi) is 7.02. The molecule has 0 radical (unpaired) electrons. The molecule has 1 fully saturated rings. The van der Waals surface area contributed by atoms with E-state index >= 15 is 0 Å². The molecule has 1 saturated carbocycles. The van der Waals surface area contributed by atoms with Gasteiger partial charge in [-0.2, -0.15) is 0 Å². The summed E-state index contributed by atoms with van der Waals surface area (Å²) in [6, 6.07) is 5.36. The summed E-state index contributed by atoms with van der Waals surface area (Å²) < 4.78 is 11.0. The number of hydrazine groups is 1. The molecule has 0 heterocycles. The Morgan fingerprint density at radius 3 is 2.38 bits per heavy atom. The molecule has 0 aromatic heterocycles. The Hall–Kier alpha value is -3.03. The maximum Gasteiger partial charge on any atom is 0.327 e. The second-order valence-electron chi connectivity index (χ2n) is 5.60. The number of ether oxygens (including phenoxy) is 2. The first-order chi connectivity index (χ1) is 12.5. The fourth-order valence-corrected chi connectivity index (χ4v) is 2.04. The zero-order chi connectivity index (χ0) is 18.9. The first-order valence-electron chi connectivity index (χ1n) is 8.52. The summed E-state index contributed by atoms with van der Waals surface area (Å²) in [5.41, 5.74) is 4.95. The van der Waals surface area contributed by atoms with Crippen molar-refractivity contribution in [3.05, 3.63) is 29.8 Å². The van der Waals surface area contributed by atoms with E-state index in [1.807, 2.05) is 13.8 Å². The lowest BCUT2D eigenvalue weighted by molar-refractivity contribution is -0.140. The van der Waals surface area contributed by atoms with Gasteiger partial charge in [0.1, 0.15) is 0 Å². The van der Waals surface area contributed by atoms with Crippen LogP contribution in [-0.2, 0) is 14.4 Å². The van der Waals surface area contributed by atoms with Crippen LogP contribution in [0.5, 0.6) is 11.5 Å². The predicted molar refractivity (Wildman–Crippen MR) is 95.3 cm³/mol. The average Bonchev–Trinajstić information content (AvgIpc) is 3.44. The Labute approximate surface area is 151 Å². The van der Waals surface area contributed by atoms with E-state index < -0.39 is 17.7 Å². The monoisotopic (exact) mass is 361 g/mol. The molecule has 1 aromatic carbocycles. The molecule has 1 aromatic rings. The van der Waals surface area contributed by atoms with E-state index in [-0.39, 0.29) is 6.04 Å². The molecule has 8 heteroatoms. The van der Waals surface area contributed by atoms with Gasteiger partial charge in [0.15, 0.2) is 11.5 Å². The van der Waals surface area contributed by atoms with Gasteiger partial charge in [0, 0.05) is 12.1 Å². The molecule has 140 valence electrons. The minimum atomic E-state index is -0.904. The molecule has 8 nitrogen and oxygen atoms in total. The second-order valence-corrected chi connectivity index (χ2v) is 5.60. The van der Waals surface area contributed by atoms with Gasteiger partial charge >= 0.3 is 11.8 Å². The molecule has 0 bridgehead atoms. The highest BCUT2D eigenvalue weighted by Crippen LogP contribution is 2.28. The van der Waals surface area contributed by atoms with Crippen LogP contribution in [0, 0.1) is 0 Å². The molecule has 2 rings (SSSR count). The van der Waals surface area contributed by atoms with Gasteiger partial charge in [-0.3, -0.25) is 25.2 Å². The maximum absolute atomic E-state index is 11.8. The molecule has 26 heavy (non-hydrogen) atoms. The first kappa shape index (κ1) is 19.3. The molecule has 0 spiro atoms. The summed E-state index contributed by atoms with van der Waals surface area (Å²) in [7, 11) is 0. The Morgan fingerprint density at radius 1 is 1.04 bits per heavy atom. The standard InChI is InChI=1S/C18H23N3O5/c1-3-25-14-9-5-12(11-15(14)26-4-2)6-10-16(22)20-21-18(24)17(23)19-13-7-8-13/h5-6,9-11,13H,3-4,7-8H2,1-2H3,(H,19,23)(H,20,22)(H,21,24)/b10-6+. The van der Waals surface area contributed by atoms with Crippen molar-refractivity contribution in [2.75, 3.05) is 13.2 Å². The lowest BCUT2D eigenvalue weighted by atomic mass is 10.2. The van der Waals surface area contributed by atoms with Gasteiger partial charge in [-0.25, -0.2) is 0 Å². The van der Waals surface area contributed by atoms with E-state index in [1.54, 1.807) is 24.3 Å². The van der Waals surface area contributed by atoms with Crippen LogP contribution in [-0.4, -0.2) is 37.0 Å². The maximum atomic E-state index is 11.8. The summed E-state index contributed by atoms with van der Waals surface area (Å²) in [6.45, 7) is 4.76. The van der Waals surface area contributed by atoms with Crippen LogP contribution < -0.4 is 25.6 Å². The second kappa shape index (κ2) is 9.45. The molecule has 1 aliphatic rings. The third-order valence-electron chi connectivity index (χ3n) is 3.41. The number of amides is 3. The smallest absolute Gasteiger partial charge is 0.327 e. The van der Waals surface area contributed by atoms with Crippen LogP contribution in [0.4, 0.5) is 0 Å². The largest absolute Gasteiger partial charge is 0.490 e. The third kappa shape index (κ3) is 6.12. The highest BCUT2D eigenvalue weighted by atomic mass is 16.5. The van der Waals surface area contributed by atoms with E-state index in [9.17, 15) is 14.4 Å². The number of carbonyl (C=O) groups is 3. The summed E-state index contributed by atoms with van der Waals surface area (Å²) in [5.74, 6) is -1.01. The molecule has 3 amide bonds. The average molecular weight is 361 g/mol. The molecule has 0 unspecified atom stereocenters. The van der Waals surface area contributed by atoms with Gasteiger partial charge in [0.25, 0.3) is 5.91 Å². The number of carbonyl (C=O) groups excluding carboxylic acids is 3. The quantitative estimate of drug-likeness (QED) is 0.380. The van der Waals surface area contributed by atoms with Crippen molar-refractivity contribution < 1.29 is 23.9 Å². The number of benzene rings is 1. The van der Waals surface area contributed by atoms with Gasteiger partial charge in [0.2, 0.25) is 0 Å². The van der Waals surface area contributed by atoms with Crippen molar-refractivity contribution in [1.29, 1.82) is 0 Å². The van der Waals surface area contributed by atoms with Crippen molar-refractivity contribution in [3.8, 4) is 11.5 Å². The number of hydrogen-bond donors (Lipinski definition) is 3. The molecule has 0 aliphatic heterocycles. The van der Waals surface area contributed by atoms with Crippen molar-refractivity contribution in [2.24, 2.45) is 0 Å². The topological polar surface area (TPSA) is 106 Å². The summed E-state index contributed by atoms with van der Waals surface area (Å²) >= 11 is 0. The Bertz CT molecular complexity index is 698. The van der Waals surface area contributed by atoms with E-state index in [1.165, 1.54) is 6.08 Å². The predicted octanol–water partition coefficient (Wildman–Crippen LogP) is 0.923. The fraction of sp³-hybridized carbons (Fsp3) is 0.389. The minimum absolute atomic E-state index is 0.0723. The summed E-state index contributed by atoms with van der Waals surface area (Å²) in [4.78, 5) is 34.7. The van der Waals surface area contributed by atoms with Crippen molar-refractivity contribution in [2.45, 2.75) is 32.7 Å². The van der Waals surface area contributed by atoms with Crippen LogP contribution in [0.15, 0.2) is 24.3 Å². The SMILES string of the molecule is CCOc1ccc(/C=C/C(=O)NNC(=O)C(=O)NC2CC2)cc1OCC. The normalized spacial score (nSPS) is 13.2. The molecule has 1 aliphatic carbocycles. The van der Waals surface area contributed by atoms with Crippen LogP contribution in [0.25, 0.3) is 6.08 Å². The van der Waals surface area contributed by atoms with Crippen molar-refractivity contribution in [1.82, 2.24) is 16.2 Å². The van der Waals surface area contributed by atoms with E-state index in [0.717, 1.165) is 18.4 Å². The van der Waals surface area contributed by atoms with Gasteiger partial charge < -0.3 is 14.8 Å². The summed E-state index contributed by atoms with van der Waals surface area (Å²) in [5, 5.41) is 2.52. The molecular formula is C18H23N3O5. The lowest BCUT2D eigenvalue weighted by Gasteiger charge is -2.11. The van der Waals surface area contributed by atoms with Crippen molar-refractivity contribution in [3.63, 3.8) is 0 Å². The van der Waals surface area contributed by atoms with E-state index in [4.69, 9.17) is 9.47 Å². The number of rotatable bonds is 7.